The Balaban J connectivity index is 2.04. The van der Waals surface area contributed by atoms with Crippen molar-refractivity contribution in [1.82, 2.24) is 15.0 Å². The third kappa shape index (κ3) is 4.99. The number of nitrogens with one attached hydrogen (secondary N) is 1. The van der Waals surface area contributed by atoms with Gasteiger partial charge in [-0.2, -0.15) is 15.0 Å². The van der Waals surface area contributed by atoms with Gasteiger partial charge in [-0.3, -0.25) is 0 Å². The Hall–Kier alpha value is -1.10. The van der Waals surface area contributed by atoms with Crippen LogP contribution >= 0.6 is 11.6 Å². The minimum absolute atomic E-state index is 0.267. The second-order valence-electron chi connectivity index (χ2n) is 6.07. The van der Waals surface area contributed by atoms with Gasteiger partial charge in [0, 0.05) is 19.1 Å². The van der Waals surface area contributed by atoms with Crippen molar-refractivity contribution in [1.29, 1.82) is 0 Å². The summed E-state index contributed by atoms with van der Waals surface area (Å²) in [6.07, 6.45) is 5.95. The molecule has 2 heterocycles. The minimum Gasteiger partial charge on any atom is -0.352 e. The van der Waals surface area contributed by atoms with Crippen molar-refractivity contribution < 1.29 is 0 Å². The van der Waals surface area contributed by atoms with E-state index in [-0.39, 0.29) is 5.28 Å². The topological polar surface area (TPSA) is 53.9 Å². The maximum atomic E-state index is 6.06. The Morgan fingerprint density at radius 3 is 2.52 bits per heavy atom. The number of halogens is 1. The zero-order valence-corrected chi connectivity index (χ0v) is 14.0. The summed E-state index contributed by atoms with van der Waals surface area (Å²) in [5.41, 5.74) is 0. The largest absolute Gasteiger partial charge is 0.352 e. The molecule has 2 unspecified atom stereocenters. The summed E-state index contributed by atoms with van der Waals surface area (Å²) in [7, 11) is 0. The van der Waals surface area contributed by atoms with Crippen LogP contribution in [-0.2, 0) is 0 Å². The van der Waals surface area contributed by atoms with Crippen LogP contribution in [-0.4, -0.2) is 34.1 Å². The second-order valence-corrected chi connectivity index (χ2v) is 6.41. The molecule has 1 fully saturated rings. The highest BCUT2D eigenvalue weighted by Gasteiger charge is 2.16. The number of hydrogen-bond donors (Lipinski definition) is 1. The van der Waals surface area contributed by atoms with E-state index in [1.807, 2.05) is 0 Å². The smallest absolute Gasteiger partial charge is 0.231 e. The molecule has 5 nitrogen and oxygen atoms in total. The van der Waals surface area contributed by atoms with E-state index >= 15 is 0 Å². The van der Waals surface area contributed by atoms with Gasteiger partial charge in [-0.15, -0.1) is 0 Å². The lowest BCUT2D eigenvalue weighted by Crippen LogP contribution is -2.31. The minimum atomic E-state index is 0.267. The molecule has 0 amide bonds. The standard InChI is InChI=1S/C15H26ClN5/c1-4-11(2)10-12(3)17-14-18-13(16)19-15(20-14)21-8-6-5-7-9-21/h11-12H,4-10H2,1-3H3,(H,17,18,19,20). The van der Waals surface area contributed by atoms with Crippen molar-refractivity contribution >= 4 is 23.5 Å². The molecular weight excluding hydrogens is 286 g/mol. The molecule has 2 atom stereocenters. The average Bonchev–Trinajstić information content (AvgIpc) is 2.47. The van der Waals surface area contributed by atoms with Gasteiger partial charge in [-0.1, -0.05) is 20.3 Å². The molecule has 6 heteroatoms. The lowest BCUT2D eigenvalue weighted by molar-refractivity contribution is 0.482. The predicted octanol–water partition coefficient (Wildman–Crippen LogP) is 3.75. The van der Waals surface area contributed by atoms with Crippen LogP contribution in [0, 0.1) is 5.92 Å². The monoisotopic (exact) mass is 311 g/mol. The molecule has 1 N–H and O–H groups in total. The Morgan fingerprint density at radius 1 is 1.14 bits per heavy atom. The summed E-state index contributed by atoms with van der Waals surface area (Å²) >= 11 is 6.06. The van der Waals surface area contributed by atoms with E-state index in [1.165, 1.54) is 25.7 Å². The summed E-state index contributed by atoms with van der Waals surface area (Å²) in [6.45, 7) is 8.64. The van der Waals surface area contributed by atoms with Gasteiger partial charge in [0.05, 0.1) is 0 Å². The normalized spacial score (nSPS) is 18.4. The fourth-order valence-corrected chi connectivity index (χ4v) is 2.84. The van der Waals surface area contributed by atoms with E-state index in [4.69, 9.17) is 11.6 Å². The number of aromatic nitrogens is 3. The van der Waals surface area contributed by atoms with Crippen LogP contribution in [0.5, 0.6) is 0 Å². The van der Waals surface area contributed by atoms with Gasteiger partial charge in [0.2, 0.25) is 17.2 Å². The molecule has 0 aromatic carbocycles. The van der Waals surface area contributed by atoms with Gasteiger partial charge in [-0.05, 0) is 50.1 Å². The molecule has 0 saturated carbocycles. The first-order chi connectivity index (χ1) is 10.1. The van der Waals surface area contributed by atoms with Crippen molar-refractivity contribution in [3.8, 4) is 0 Å². The van der Waals surface area contributed by atoms with E-state index in [0.29, 0.717) is 23.9 Å². The van der Waals surface area contributed by atoms with Gasteiger partial charge in [0.15, 0.2) is 0 Å². The van der Waals surface area contributed by atoms with E-state index in [1.54, 1.807) is 0 Å². The fraction of sp³-hybridized carbons (Fsp3) is 0.800. The van der Waals surface area contributed by atoms with Crippen molar-refractivity contribution in [3.05, 3.63) is 5.28 Å². The van der Waals surface area contributed by atoms with Crippen LogP contribution in [0.2, 0.25) is 5.28 Å². The molecule has 1 aliphatic heterocycles. The number of piperidine rings is 1. The predicted molar refractivity (Wildman–Crippen MR) is 88.1 cm³/mol. The molecule has 0 bridgehead atoms. The average molecular weight is 312 g/mol. The lowest BCUT2D eigenvalue weighted by atomic mass is 10.0. The third-order valence-electron chi connectivity index (χ3n) is 4.06. The summed E-state index contributed by atoms with van der Waals surface area (Å²) < 4.78 is 0. The Bertz CT molecular complexity index is 448. The van der Waals surface area contributed by atoms with Gasteiger partial charge in [0.1, 0.15) is 0 Å². The molecule has 1 saturated heterocycles. The van der Waals surface area contributed by atoms with Crippen molar-refractivity contribution in [2.45, 2.75) is 58.9 Å². The first kappa shape index (κ1) is 16.3. The molecule has 0 aliphatic carbocycles. The Labute approximate surface area is 132 Å². The molecule has 2 rings (SSSR count). The fourth-order valence-electron chi connectivity index (χ4n) is 2.69. The summed E-state index contributed by atoms with van der Waals surface area (Å²) in [4.78, 5) is 15.2. The summed E-state index contributed by atoms with van der Waals surface area (Å²) in [5.74, 6) is 1.98. The zero-order chi connectivity index (χ0) is 15.2. The first-order valence-corrected chi connectivity index (χ1v) is 8.39. The zero-order valence-electron chi connectivity index (χ0n) is 13.3. The van der Waals surface area contributed by atoms with Crippen LogP contribution in [0.1, 0.15) is 52.9 Å². The lowest BCUT2D eigenvalue weighted by Gasteiger charge is -2.27. The molecule has 21 heavy (non-hydrogen) atoms. The van der Waals surface area contributed by atoms with Crippen molar-refractivity contribution in [2.24, 2.45) is 5.92 Å². The molecular formula is C15H26ClN5. The van der Waals surface area contributed by atoms with Crippen molar-refractivity contribution in [2.75, 3.05) is 23.3 Å². The highest BCUT2D eigenvalue weighted by atomic mass is 35.5. The van der Waals surface area contributed by atoms with Crippen LogP contribution in [0.3, 0.4) is 0 Å². The first-order valence-electron chi connectivity index (χ1n) is 8.01. The van der Waals surface area contributed by atoms with Crippen LogP contribution < -0.4 is 10.2 Å². The SMILES string of the molecule is CCC(C)CC(C)Nc1nc(Cl)nc(N2CCCCC2)n1. The van der Waals surface area contributed by atoms with Crippen LogP contribution in [0.25, 0.3) is 0 Å². The second kappa shape index (κ2) is 7.78. The highest BCUT2D eigenvalue weighted by Crippen LogP contribution is 2.19. The molecule has 1 aromatic heterocycles. The van der Waals surface area contributed by atoms with Gasteiger partial charge < -0.3 is 10.2 Å². The summed E-state index contributed by atoms with van der Waals surface area (Å²) in [6, 6.07) is 0.327. The van der Waals surface area contributed by atoms with Gasteiger partial charge in [-0.25, -0.2) is 0 Å². The molecule has 1 aromatic rings. The molecule has 0 spiro atoms. The summed E-state index contributed by atoms with van der Waals surface area (Å²) in [5, 5.41) is 3.62. The van der Waals surface area contributed by atoms with Crippen LogP contribution in [0.4, 0.5) is 11.9 Å². The van der Waals surface area contributed by atoms with E-state index in [0.717, 1.165) is 19.5 Å². The maximum Gasteiger partial charge on any atom is 0.231 e. The number of hydrogen-bond acceptors (Lipinski definition) is 5. The van der Waals surface area contributed by atoms with E-state index in [2.05, 4.69) is 45.9 Å². The highest BCUT2D eigenvalue weighted by molar-refractivity contribution is 6.28. The van der Waals surface area contributed by atoms with Crippen molar-refractivity contribution in [3.63, 3.8) is 0 Å². The number of nitrogens with zero attached hydrogens (tertiary/aromatic N) is 4. The van der Waals surface area contributed by atoms with Crippen LogP contribution in [0.15, 0.2) is 0 Å². The molecule has 0 radical (unpaired) electrons. The third-order valence-corrected chi connectivity index (χ3v) is 4.23. The number of anilines is 2. The Kier molecular flexibility index (Phi) is 6.03. The maximum absolute atomic E-state index is 6.06. The molecule has 118 valence electrons. The van der Waals surface area contributed by atoms with Gasteiger partial charge >= 0.3 is 0 Å². The molecule has 1 aliphatic rings. The number of rotatable bonds is 6. The van der Waals surface area contributed by atoms with Gasteiger partial charge in [0.25, 0.3) is 0 Å². The quantitative estimate of drug-likeness (QED) is 0.867. The Morgan fingerprint density at radius 2 is 1.86 bits per heavy atom. The van der Waals surface area contributed by atoms with E-state index < -0.39 is 0 Å². The van der Waals surface area contributed by atoms with E-state index in [9.17, 15) is 0 Å².